The van der Waals surface area contributed by atoms with E-state index in [0.717, 1.165) is 0 Å². The van der Waals surface area contributed by atoms with E-state index < -0.39 is 95.3 Å². The van der Waals surface area contributed by atoms with Crippen LogP contribution in [0.3, 0.4) is 0 Å². The molecule has 0 saturated carbocycles. The van der Waals surface area contributed by atoms with Gasteiger partial charge in [-0.05, 0) is 73.2 Å². The van der Waals surface area contributed by atoms with Gasteiger partial charge in [-0.2, -0.15) is 0 Å². The summed E-state index contributed by atoms with van der Waals surface area (Å²) in [5, 5.41) is 41.6. The van der Waals surface area contributed by atoms with E-state index in [1.165, 1.54) is 14.0 Å². The molecular weight excluding hydrogens is 869 g/mol. The number of oxime groups is 1. The van der Waals surface area contributed by atoms with E-state index in [1.54, 1.807) is 40.0 Å². The molecule has 5 aliphatic rings. The molecule has 19 heteroatoms. The lowest BCUT2D eigenvalue weighted by atomic mass is 9.69. The molecule has 18 nitrogen and oxygen atoms in total. The molecule has 3 N–H and O–H groups in total. The fourth-order valence-electron chi connectivity index (χ4n) is 10.4. The average Bonchev–Trinajstić information content (AvgIpc) is 3.99. The Kier molecular flexibility index (Phi) is 16.7. The number of benzene rings is 1. The number of epoxide rings is 1. The zero-order valence-corrected chi connectivity index (χ0v) is 40.7. The van der Waals surface area contributed by atoms with Crippen LogP contribution in [0.5, 0.6) is 5.75 Å². The van der Waals surface area contributed by atoms with Crippen molar-refractivity contribution in [3.63, 3.8) is 0 Å². The second kappa shape index (κ2) is 20.9. The number of carbonyl (C=O) groups excluding carboxylic acids is 1. The molecule has 18 atom stereocenters. The molecule has 368 valence electrons. The monoisotopic (exact) mass is 940 g/mol. The maximum absolute atomic E-state index is 14.9. The van der Waals surface area contributed by atoms with Crippen molar-refractivity contribution >= 4 is 29.1 Å². The van der Waals surface area contributed by atoms with Gasteiger partial charge < -0.3 is 77.2 Å². The topological polar surface area (TPSA) is 207 Å². The van der Waals surface area contributed by atoms with Crippen LogP contribution in [-0.4, -0.2) is 169 Å². The van der Waals surface area contributed by atoms with Crippen molar-refractivity contribution in [1.29, 1.82) is 0 Å². The quantitative estimate of drug-likeness (QED) is 0.0640. The number of methoxy groups -OCH3 is 2. The summed E-state index contributed by atoms with van der Waals surface area (Å²) in [7, 11) is 6.93. The predicted octanol–water partition coefficient (Wildman–Crippen LogP) is 3.94. The molecular formula is C46H72N2O16S. The van der Waals surface area contributed by atoms with Gasteiger partial charge in [-0.1, -0.05) is 51.0 Å². The van der Waals surface area contributed by atoms with Gasteiger partial charge in [0, 0.05) is 44.2 Å². The molecule has 0 aliphatic carbocycles. The molecule has 1 aromatic carbocycles. The summed E-state index contributed by atoms with van der Waals surface area (Å²) in [6.07, 6.45) is -7.41. The number of ether oxygens (including phenoxy) is 11. The first-order chi connectivity index (χ1) is 30.6. The maximum atomic E-state index is 14.9. The van der Waals surface area contributed by atoms with Crippen molar-refractivity contribution in [2.24, 2.45) is 28.8 Å². The highest BCUT2D eigenvalue weighted by Gasteiger charge is 2.77. The average molecular weight is 941 g/mol. The van der Waals surface area contributed by atoms with E-state index in [-0.39, 0.29) is 56.1 Å². The number of rotatable bonds is 13. The number of esters is 1. The van der Waals surface area contributed by atoms with Crippen molar-refractivity contribution in [2.75, 3.05) is 48.3 Å². The number of nitrogens with zero attached hydrogens (tertiary/aromatic N) is 2. The first-order valence-electron chi connectivity index (χ1n) is 22.7. The van der Waals surface area contributed by atoms with Crippen molar-refractivity contribution in [1.82, 2.24) is 4.90 Å². The van der Waals surface area contributed by atoms with Crippen molar-refractivity contribution in [2.45, 2.75) is 165 Å². The highest BCUT2D eigenvalue weighted by Crippen LogP contribution is 2.60. The third kappa shape index (κ3) is 11.0. The molecule has 5 aliphatic heterocycles. The second-order valence-corrected chi connectivity index (χ2v) is 19.4. The minimum absolute atomic E-state index is 0.0195. The Morgan fingerprint density at radius 2 is 1.72 bits per heavy atom. The van der Waals surface area contributed by atoms with Gasteiger partial charge in [0.1, 0.15) is 29.5 Å². The van der Waals surface area contributed by atoms with Crippen LogP contribution in [0.2, 0.25) is 0 Å². The predicted molar refractivity (Wildman–Crippen MR) is 237 cm³/mol. The number of cyclic esters (lactones) is 1. The summed E-state index contributed by atoms with van der Waals surface area (Å²) in [5.74, 6) is -6.34. The van der Waals surface area contributed by atoms with Gasteiger partial charge in [-0.15, -0.1) is 0 Å². The number of likely N-dealkylation sites (N-methyl/N-ethyl adjacent to an activating group) is 1. The molecule has 1 spiro atoms. The maximum Gasteiger partial charge on any atom is 0.358 e. The molecule has 65 heavy (non-hydrogen) atoms. The van der Waals surface area contributed by atoms with Gasteiger partial charge in [0.25, 0.3) is 0 Å². The molecule has 8 unspecified atom stereocenters. The highest BCUT2D eigenvalue weighted by molar-refractivity contribution is 7.79. The third-order valence-electron chi connectivity index (χ3n) is 13.8. The number of thiocarbonyl (C=S) groups is 1. The Labute approximate surface area is 388 Å². The molecule has 0 amide bonds. The van der Waals surface area contributed by atoms with E-state index in [9.17, 15) is 20.1 Å². The summed E-state index contributed by atoms with van der Waals surface area (Å²) in [6, 6.07) is 8.73. The summed E-state index contributed by atoms with van der Waals surface area (Å²) in [4.78, 5) is 22.6. The van der Waals surface area contributed by atoms with Gasteiger partial charge in [-0.3, -0.25) is 4.79 Å². The molecule has 6 rings (SSSR count). The summed E-state index contributed by atoms with van der Waals surface area (Å²) in [6.45, 7) is 14.3. The summed E-state index contributed by atoms with van der Waals surface area (Å²) in [5.41, 5.74) is -3.45. The van der Waals surface area contributed by atoms with Crippen LogP contribution >= 0.6 is 12.2 Å². The first-order valence-corrected chi connectivity index (χ1v) is 23.1. The lowest BCUT2D eigenvalue weighted by Gasteiger charge is -2.59. The van der Waals surface area contributed by atoms with Crippen LogP contribution in [0.1, 0.15) is 81.1 Å². The van der Waals surface area contributed by atoms with Crippen LogP contribution in [-0.2, 0) is 57.0 Å². The smallest absolute Gasteiger partial charge is 0.358 e. The minimum Gasteiger partial charge on any atom is -0.459 e. The molecule has 1 aromatic rings. The number of carbonyl (C=O) groups is 1. The van der Waals surface area contributed by atoms with Crippen LogP contribution in [0, 0.1) is 23.7 Å². The number of para-hydroxylation sites is 1. The fourth-order valence-corrected chi connectivity index (χ4v) is 10.6. The zero-order chi connectivity index (χ0) is 47.6. The van der Waals surface area contributed by atoms with Gasteiger partial charge in [0.2, 0.25) is 12.6 Å². The summed E-state index contributed by atoms with van der Waals surface area (Å²) >= 11 is 5.64. The lowest BCUT2D eigenvalue weighted by molar-refractivity contribution is -0.421. The summed E-state index contributed by atoms with van der Waals surface area (Å²) < 4.78 is 68.0. The largest absolute Gasteiger partial charge is 0.459 e. The second-order valence-electron chi connectivity index (χ2n) is 19.1. The number of fused-ring (bicyclic) bond motifs is 3. The van der Waals surface area contributed by atoms with E-state index >= 15 is 0 Å². The molecule has 0 radical (unpaired) electrons. The van der Waals surface area contributed by atoms with Gasteiger partial charge in [0.15, 0.2) is 18.2 Å². The molecule has 5 saturated heterocycles. The lowest BCUT2D eigenvalue weighted by Crippen LogP contribution is -2.73. The van der Waals surface area contributed by atoms with Crippen LogP contribution < -0.4 is 4.74 Å². The van der Waals surface area contributed by atoms with Crippen LogP contribution in [0.4, 0.5) is 0 Å². The zero-order valence-electron chi connectivity index (χ0n) is 39.9. The standard InChI is InChI=1S/C46H72N2O16S/c1-13-32-44(8,52)37(49)27(4)34(47-56-24-55-20-19-53-11)25(2)22-43(7,51)38(28(5)35-33(40(50)59-32)45(63-35)23-46(54-12)39(64-46)29(6)62-45)61-41-36(31(48(9)10)21-26(3)57-41)60-42(65)58-30-17-15-14-16-18-30/h14-18,25-29,31-33,35-39,41,49,51-52H,13,19-24H2,1-12H3/b47-34+/t25-,26?,27+,28+,29?,31?,32-,33-,35+,36?,37-,38-,39?,41?,43+,44-,45?,46?/m1/s1. The Balaban J connectivity index is 1.42. The fraction of sp³-hybridized carbons (Fsp3) is 0.804. The number of aliphatic hydroxyl groups excluding tert-OH is 1. The van der Waals surface area contributed by atoms with Gasteiger partial charge in [0.05, 0.1) is 67.5 Å². The number of hydrogen-bond donors (Lipinski definition) is 3. The molecule has 0 aromatic heterocycles. The molecule has 5 fully saturated rings. The van der Waals surface area contributed by atoms with Crippen molar-refractivity contribution in [3.8, 4) is 5.75 Å². The van der Waals surface area contributed by atoms with Crippen molar-refractivity contribution < 1.29 is 77.1 Å². The molecule has 0 bridgehead atoms. The number of aliphatic hydroxyl groups is 3. The molecule has 5 heterocycles. The Hall–Kier alpha value is -2.63. The first kappa shape index (κ1) is 51.8. The van der Waals surface area contributed by atoms with E-state index in [4.69, 9.17) is 69.2 Å². The van der Waals surface area contributed by atoms with Crippen LogP contribution in [0.15, 0.2) is 35.5 Å². The minimum atomic E-state index is -1.99. The highest BCUT2D eigenvalue weighted by atomic mass is 32.1. The van der Waals surface area contributed by atoms with Crippen LogP contribution in [0.25, 0.3) is 0 Å². The third-order valence-corrected chi connectivity index (χ3v) is 14.0. The van der Waals surface area contributed by atoms with E-state index in [2.05, 4.69) is 5.16 Å². The van der Waals surface area contributed by atoms with Gasteiger partial charge >= 0.3 is 11.2 Å². The Bertz CT molecular complexity index is 1790. The van der Waals surface area contributed by atoms with E-state index in [1.807, 2.05) is 64.9 Å². The van der Waals surface area contributed by atoms with Crippen molar-refractivity contribution in [3.05, 3.63) is 30.3 Å². The van der Waals surface area contributed by atoms with Gasteiger partial charge in [-0.25, -0.2) is 0 Å². The normalized spacial score (nSPS) is 44.0. The SMILES string of the molecule is CC[C@H]1OC(=O)[C@H]2[C@@H](OC23CC2(OC)OC2C(C)O3)[C@H](C)[C@@H](OC2OC(C)CC(N(C)C)C2OC(=S)Oc2ccccc2)[C@@](C)(O)C[C@@H](C)/C(=N\OCOCCOC)[C@H](C)[C@@H](O)[C@]1(C)O. The van der Waals surface area contributed by atoms with E-state index in [0.29, 0.717) is 24.5 Å². The Morgan fingerprint density at radius 1 is 1.02 bits per heavy atom. The number of hydrogen-bond acceptors (Lipinski definition) is 19. The Morgan fingerprint density at radius 3 is 2.37 bits per heavy atom.